The van der Waals surface area contributed by atoms with Crippen LogP contribution in [0.15, 0.2) is 42.7 Å². The van der Waals surface area contributed by atoms with Crippen LogP contribution in [0.2, 0.25) is 25.7 Å². The normalized spacial score (nSPS) is 16.3. The van der Waals surface area contributed by atoms with Gasteiger partial charge in [0.05, 0.1) is 16.8 Å². The van der Waals surface area contributed by atoms with Crippen LogP contribution in [0.25, 0.3) is 22.3 Å². The predicted molar refractivity (Wildman–Crippen MR) is 159 cm³/mol. The van der Waals surface area contributed by atoms with Gasteiger partial charge in [-0.05, 0) is 79.1 Å². The lowest BCUT2D eigenvalue weighted by atomic mass is 9.76. The molecule has 4 aromatic rings. The molecule has 8 heteroatoms. The molecule has 39 heavy (non-hydrogen) atoms. The number of aryl methyl sites for hydroxylation is 2. The van der Waals surface area contributed by atoms with Crippen LogP contribution >= 0.6 is 0 Å². The van der Waals surface area contributed by atoms with Crippen LogP contribution in [0.1, 0.15) is 49.8 Å². The van der Waals surface area contributed by atoms with Gasteiger partial charge in [0.25, 0.3) is 0 Å². The Bertz CT molecular complexity index is 1530. The molecule has 204 valence electrons. The van der Waals surface area contributed by atoms with Crippen LogP contribution < -0.4 is 4.90 Å². The number of H-pyrrole nitrogens is 1. The zero-order chi connectivity index (χ0) is 27.4. The molecule has 1 amide bonds. The van der Waals surface area contributed by atoms with E-state index in [9.17, 15) is 4.79 Å². The van der Waals surface area contributed by atoms with E-state index in [2.05, 4.69) is 61.8 Å². The maximum atomic E-state index is 14.0. The molecular weight excluding hydrogens is 502 g/mol. The Balaban J connectivity index is 1.42. The summed E-state index contributed by atoms with van der Waals surface area (Å²) < 4.78 is 7.95. The molecule has 0 saturated heterocycles. The van der Waals surface area contributed by atoms with Gasteiger partial charge >= 0.3 is 0 Å². The summed E-state index contributed by atoms with van der Waals surface area (Å²) in [5.74, 6) is 0.804. The van der Waals surface area contributed by atoms with E-state index >= 15 is 0 Å². The Kier molecular flexibility index (Phi) is 6.50. The van der Waals surface area contributed by atoms with Gasteiger partial charge in [-0.25, -0.2) is 9.67 Å². The number of benzene rings is 1. The van der Waals surface area contributed by atoms with E-state index in [0.29, 0.717) is 12.5 Å². The molecule has 1 N–H and O–H groups in total. The fourth-order valence-electron chi connectivity index (χ4n) is 6.32. The van der Waals surface area contributed by atoms with Crippen LogP contribution in [-0.2, 0) is 34.5 Å². The number of hydrogen-bond acceptors (Lipinski definition) is 4. The summed E-state index contributed by atoms with van der Waals surface area (Å²) in [6, 6.07) is 11.4. The predicted octanol–water partition coefficient (Wildman–Crippen LogP) is 6.96. The second kappa shape index (κ2) is 9.75. The summed E-state index contributed by atoms with van der Waals surface area (Å²) in [5.41, 5.74) is 7.27. The first-order valence-corrected chi connectivity index (χ1v) is 18.1. The third kappa shape index (κ3) is 4.34. The minimum absolute atomic E-state index is 0.120. The molecule has 7 nitrogen and oxygen atoms in total. The number of nitrogens with zero attached hydrogens (tertiary/aromatic N) is 4. The van der Waals surface area contributed by atoms with Gasteiger partial charge in [-0.1, -0.05) is 39.6 Å². The quantitative estimate of drug-likeness (QED) is 0.193. The summed E-state index contributed by atoms with van der Waals surface area (Å²) in [5, 5.41) is 6.17. The van der Waals surface area contributed by atoms with Gasteiger partial charge in [0.2, 0.25) is 5.91 Å². The van der Waals surface area contributed by atoms with Crippen molar-refractivity contribution >= 4 is 36.4 Å². The molecule has 1 aliphatic carbocycles. The number of anilines is 2. The van der Waals surface area contributed by atoms with Gasteiger partial charge in [-0.15, -0.1) is 0 Å². The number of nitrogens with one attached hydrogen (secondary N) is 1. The zero-order valence-electron chi connectivity index (χ0n) is 23.8. The summed E-state index contributed by atoms with van der Waals surface area (Å²) in [7, 11) is -1.12. The monoisotopic (exact) mass is 541 g/mol. The number of carbonyl (C=O) groups excluding carboxylic acids is 1. The van der Waals surface area contributed by atoms with Crippen molar-refractivity contribution in [3.05, 3.63) is 59.4 Å². The van der Waals surface area contributed by atoms with E-state index in [1.165, 1.54) is 16.5 Å². The van der Waals surface area contributed by atoms with Gasteiger partial charge in [0, 0.05) is 38.0 Å². The van der Waals surface area contributed by atoms with E-state index in [0.717, 1.165) is 72.9 Å². The van der Waals surface area contributed by atoms with Crippen molar-refractivity contribution in [3.8, 4) is 11.4 Å². The maximum absolute atomic E-state index is 14.0. The molecule has 2 aliphatic rings. The molecule has 0 atom stereocenters. The molecule has 0 radical (unpaired) electrons. The third-order valence-corrected chi connectivity index (χ3v) is 10.3. The van der Waals surface area contributed by atoms with Crippen LogP contribution in [-0.4, -0.2) is 40.3 Å². The number of pyridine rings is 1. The fourth-order valence-corrected chi connectivity index (χ4v) is 7.07. The summed E-state index contributed by atoms with van der Waals surface area (Å²) in [6.07, 6.45) is 8.43. The highest BCUT2D eigenvalue weighted by atomic mass is 28.3. The topological polar surface area (TPSA) is 76.0 Å². The third-order valence-electron chi connectivity index (χ3n) is 8.64. The Hall–Kier alpha value is -3.23. The highest BCUT2D eigenvalue weighted by Gasteiger charge is 2.49. The molecule has 0 bridgehead atoms. The van der Waals surface area contributed by atoms with E-state index in [1.807, 2.05) is 27.8 Å². The first-order valence-electron chi connectivity index (χ1n) is 14.3. The highest BCUT2D eigenvalue weighted by molar-refractivity contribution is 6.76. The fraction of sp³-hybridized carbons (Fsp3) is 0.452. The van der Waals surface area contributed by atoms with Gasteiger partial charge < -0.3 is 9.72 Å². The number of rotatable bonds is 8. The molecule has 0 unspecified atom stereocenters. The second-order valence-electron chi connectivity index (χ2n) is 12.3. The maximum Gasteiger partial charge on any atom is 0.243 e. The van der Waals surface area contributed by atoms with Crippen LogP contribution in [0.5, 0.6) is 0 Å². The standard InChI is InChI=1S/C31H39N5O2Si/c1-6-31(7-2)24-18-25-23(17-26(24)36(30(31)37)27-13-8-9-14-32-27)22-12-10-11-21-19-35(34-28(21)29(22)33-25)20-38-15-16-39(3,4)5/h8-9,13-14,17-19,33H,6-7,10-12,15-16,20H2,1-5H3. The number of fused-ring (bicyclic) bond motifs is 6. The number of hydrogen-bond donors (Lipinski definition) is 1. The van der Waals surface area contributed by atoms with Crippen molar-refractivity contribution < 1.29 is 9.53 Å². The Labute approximate surface area is 231 Å². The Morgan fingerprint density at radius 2 is 1.95 bits per heavy atom. The van der Waals surface area contributed by atoms with Gasteiger partial charge in [-0.3, -0.25) is 9.69 Å². The summed E-state index contributed by atoms with van der Waals surface area (Å²) >= 11 is 0. The molecular formula is C31H39N5O2Si. The molecule has 6 rings (SSSR count). The molecule has 0 saturated carbocycles. The number of carbonyl (C=O) groups is 1. The number of amides is 1. The summed E-state index contributed by atoms with van der Waals surface area (Å²) in [4.78, 5) is 24.1. The van der Waals surface area contributed by atoms with Crippen LogP contribution in [0.4, 0.5) is 11.5 Å². The van der Waals surface area contributed by atoms with Crippen LogP contribution in [0.3, 0.4) is 0 Å². The number of aromatic amines is 1. The highest BCUT2D eigenvalue weighted by Crippen LogP contribution is 2.51. The van der Waals surface area contributed by atoms with Crippen molar-refractivity contribution in [2.24, 2.45) is 0 Å². The Morgan fingerprint density at radius 3 is 2.67 bits per heavy atom. The average Bonchev–Trinajstić information content (AvgIpc) is 3.52. The smallest absolute Gasteiger partial charge is 0.243 e. The van der Waals surface area contributed by atoms with E-state index < -0.39 is 13.5 Å². The molecule has 3 aromatic heterocycles. The van der Waals surface area contributed by atoms with Crippen molar-refractivity contribution in [1.29, 1.82) is 0 Å². The van der Waals surface area contributed by atoms with E-state index in [1.54, 1.807) is 6.20 Å². The first-order chi connectivity index (χ1) is 18.8. The lowest BCUT2D eigenvalue weighted by Crippen LogP contribution is -2.37. The second-order valence-corrected chi connectivity index (χ2v) is 17.9. The van der Waals surface area contributed by atoms with E-state index in [4.69, 9.17) is 9.84 Å². The minimum Gasteiger partial charge on any atom is -0.360 e. The minimum atomic E-state index is -1.12. The number of aromatic nitrogens is 4. The van der Waals surface area contributed by atoms with Crippen molar-refractivity contribution in [2.45, 2.75) is 83.8 Å². The first kappa shape index (κ1) is 26.0. The SMILES string of the molecule is CCC1(CC)C(=O)N(c2ccccn2)c2cc3c4c([nH]c3cc21)-c1nn(COCC[Si](C)(C)C)cc1CCC4. The molecule has 1 aromatic carbocycles. The molecule has 0 spiro atoms. The van der Waals surface area contributed by atoms with Gasteiger partial charge in [-0.2, -0.15) is 5.10 Å². The van der Waals surface area contributed by atoms with Crippen LogP contribution in [0, 0.1) is 0 Å². The van der Waals surface area contributed by atoms with Gasteiger partial charge in [0.1, 0.15) is 18.2 Å². The largest absolute Gasteiger partial charge is 0.360 e. The molecule has 4 heterocycles. The average molecular weight is 542 g/mol. The van der Waals surface area contributed by atoms with E-state index in [-0.39, 0.29) is 5.91 Å². The summed E-state index contributed by atoms with van der Waals surface area (Å²) in [6.45, 7) is 12.6. The molecule has 0 fully saturated rings. The number of ether oxygens (including phenoxy) is 1. The lowest BCUT2D eigenvalue weighted by molar-refractivity contribution is -0.122. The van der Waals surface area contributed by atoms with Crippen molar-refractivity contribution in [3.63, 3.8) is 0 Å². The van der Waals surface area contributed by atoms with Crippen molar-refractivity contribution in [2.75, 3.05) is 11.5 Å². The molecule has 1 aliphatic heterocycles. The van der Waals surface area contributed by atoms with Crippen molar-refractivity contribution in [1.82, 2.24) is 19.7 Å². The lowest BCUT2D eigenvalue weighted by Gasteiger charge is -2.25. The van der Waals surface area contributed by atoms with Gasteiger partial charge in [0.15, 0.2) is 0 Å². The Morgan fingerprint density at radius 1 is 1.13 bits per heavy atom. The zero-order valence-corrected chi connectivity index (χ0v) is 24.8.